The van der Waals surface area contributed by atoms with E-state index in [1.165, 1.54) is 5.56 Å². The molecule has 0 atom stereocenters. The molecule has 2 rings (SSSR count). The van der Waals surface area contributed by atoms with Gasteiger partial charge in [0.1, 0.15) is 0 Å². The number of hydrogen-bond acceptors (Lipinski definition) is 2. The van der Waals surface area contributed by atoms with Gasteiger partial charge in [-0.2, -0.15) is 0 Å². The highest BCUT2D eigenvalue weighted by Gasteiger charge is 2.42. The second kappa shape index (κ2) is 5.02. The van der Waals surface area contributed by atoms with Gasteiger partial charge in [-0.3, -0.25) is 4.90 Å². The third-order valence-electron chi connectivity index (χ3n) is 4.33. The fourth-order valence-electron chi connectivity index (χ4n) is 2.67. The van der Waals surface area contributed by atoms with Gasteiger partial charge in [0, 0.05) is 19.6 Å². The van der Waals surface area contributed by atoms with Crippen LogP contribution >= 0.6 is 0 Å². The van der Waals surface area contributed by atoms with Crippen molar-refractivity contribution in [2.24, 2.45) is 5.41 Å². The van der Waals surface area contributed by atoms with Crippen molar-refractivity contribution in [2.75, 3.05) is 13.1 Å². The molecule has 1 aromatic rings. The molecule has 0 bridgehead atoms. The van der Waals surface area contributed by atoms with Gasteiger partial charge in [0.25, 0.3) is 0 Å². The minimum atomic E-state index is -0.500. The zero-order valence-electron chi connectivity index (χ0n) is 11.8. The van der Waals surface area contributed by atoms with Crippen molar-refractivity contribution in [3.05, 3.63) is 35.9 Å². The lowest BCUT2D eigenvalue weighted by Crippen LogP contribution is -2.51. The lowest BCUT2D eigenvalue weighted by atomic mass is 9.71. The van der Waals surface area contributed by atoms with Crippen LogP contribution in [0.25, 0.3) is 0 Å². The Morgan fingerprint density at radius 1 is 1.11 bits per heavy atom. The van der Waals surface area contributed by atoms with Crippen LogP contribution < -0.4 is 0 Å². The highest BCUT2D eigenvalue weighted by atomic mass is 16.3. The number of hydrogen-bond donors (Lipinski definition) is 1. The van der Waals surface area contributed by atoms with Crippen LogP contribution in [0.2, 0.25) is 0 Å². The van der Waals surface area contributed by atoms with E-state index < -0.39 is 5.60 Å². The molecule has 2 nitrogen and oxygen atoms in total. The average Bonchev–Trinajstić information content (AvgIpc) is 2.32. The first-order valence-corrected chi connectivity index (χ1v) is 6.89. The highest BCUT2D eigenvalue weighted by Crippen LogP contribution is 2.38. The van der Waals surface area contributed by atoms with E-state index in [1.807, 2.05) is 0 Å². The molecule has 1 aliphatic heterocycles. The molecule has 18 heavy (non-hydrogen) atoms. The number of rotatable bonds is 2. The van der Waals surface area contributed by atoms with Gasteiger partial charge in [0.15, 0.2) is 0 Å². The van der Waals surface area contributed by atoms with Gasteiger partial charge in [-0.1, -0.05) is 51.1 Å². The lowest BCUT2D eigenvalue weighted by molar-refractivity contribution is -0.0999. The van der Waals surface area contributed by atoms with Gasteiger partial charge in [0.2, 0.25) is 0 Å². The van der Waals surface area contributed by atoms with Gasteiger partial charge >= 0.3 is 0 Å². The maximum Gasteiger partial charge on any atom is 0.0720 e. The van der Waals surface area contributed by atoms with E-state index >= 15 is 0 Å². The molecule has 2 heteroatoms. The van der Waals surface area contributed by atoms with Gasteiger partial charge in [-0.15, -0.1) is 0 Å². The van der Waals surface area contributed by atoms with E-state index in [4.69, 9.17) is 0 Å². The first-order chi connectivity index (χ1) is 8.41. The summed E-state index contributed by atoms with van der Waals surface area (Å²) in [5.41, 5.74) is 0.838. The number of aliphatic hydroxyl groups is 1. The van der Waals surface area contributed by atoms with E-state index in [2.05, 4.69) is 56.0 Å². The standard InChI is InChI=1S/C16H25NO/c1-15(2,3)16(18)9-11-17(12-10-16)13-14-7-5-4-6-8-14/h4-8,18H,9-13H2,1-3H3. The van der Waals surface area contributed by atoms with E-state index in [1.54, 1.807) is 0 Å². The Kier molecular flexibility index (Phi) is 3.79. The summed E-state index contributed by atoms with van der Waals surface area (Å²) in [5.74, 6) is 0. The molecule has 0 spiro atoms. The summed E-state index contributed by atoms with van der Waals surface area (Å²) < 4.78 is 0. The number of benzene rings is 1. The first kappa shape index (κ1) is 13.6. The first-order valence-electron chi connectivity index (χ1n) is 6.89. The Labute approximate surface area is 111 Å². The van der Waals surface area contributed by atoms with Crippen molar-refractivity contribution in [1.29, 1.82) is 0 Å². The van der Waals surface area contributed by atoms with E-state index in [0.717, 1.165) is 32.5 Å². The maximum atomic E-state index is 10.7. The van der Waals surface area contributed by atoms with Crippen LogP contribution in [0.5, 0.6) is 0 Å². The molecule has 1 aliphatic rings. The van der Waals surface area contributed by atoms with Crippen molar-refractivity contribution < 1.29 is 5.11 Å². The van der Waals surface area contributed by atoms with Crippen LogP contribution in [0.3, 0.4) is 0 Å². The zero-order valence-corrected chi connectivity index (χ0v) is 11.8. The Bertz CT molecular complexity index is 372. The molecule has 0 aliphatic carbocycles. The van der Waals surface area contributed by atoms with E-state index in [9.17, 15) is 5.11 Å². The second-order valence-electron chi connectivity index (χ2n) is 6.54. The summed E-state index contributed by atoms with van der Waals surface area (Å²) in [7, 11) is 0. The molecule has 0 radical (unpaired) electrons. The Morgan fingerprint density at radius 3 is 2.17 bits per heavy atom. The smallest absolute Gasteiger partial charge is 0.0720 e. The van der Waals surface area contributed by atoms with Gasteiger partial charge in [-0.25, -0.2) is 0 Å². The SMILES string of the molecule is CC(C)(C)C1(O)CCN(Cc2ccccc2)CC1. The van der Waals surface area contributed by atoms with Crippen LogP contribution in [-0.2, 0) is 6.54 Å². The highest BCUT2D eigenvalue weighted by molar-refractivity contribution is 5.14. The van der Waals surface area contributed by atoms with Crippen molar-refractivity contribution in [2.45, 2.75) is 45.8 Å². The minimum absolute atomic E-state index is 0.0220. The van der Waals surface area contributed by atoms with Crippen molar-refractivity contribution in [1.82, 2.24) is 4.90 Å². The second-order valence-corrected chi connectivity index (χ2v) is 6.54. The quantitative estimate of drug-likeness (QED) is 0.868. The third-order valence-corrected chi connectivity index (χ3v) is 4.33. The van der Waals surface area contributed by atoms with E-state index in [-0.39, 0.29) is 5.41 Å². The van der Waals surface area contributed by atoms with Crippen LogP contribution in [0.1, 0.15) is 39.2 Å². The summed E-state index contributed by atoms with van der Waals surface area (Å²) in [5, 5.41) is 10.7. The molecule has 1 fully saturated rings. The monoisotopic (exact) mass is 247 g/mol. The predicted octanol–water partition coefficient (Wildman–Crippen LogP) is 3.06. The Hall–Kier alpha value is -0.860. The fourth-order valence-corrected chi connectivity index (χ4v) is 2.67. The van der Waals surface area contributed by atoms with Crippen LogP contribution in [0.4, 0.5) is 0 Å². The van der Waals surface area contributed by atoms with Gasteiger partial charge < -0.3 is 5.11 Å². The molecule has 1 saturated heterocycles. The molecular weight excluding hydrogens is 222 g/mol. The topological polar surface area (TPSA) is 23.5 Å². The largest absolute Gasteiger partial charge is 0.389 e. The van der Waals surface area contributed by atoms with Crippen LogP contribution in [-0.4, -0.2) is 28.7 Å². The fraction of sp³-hybridized carbons (Fsp3) is 0.625. The number of piperidine rings is 1. The van der Waals surface area contributed by atoms with Gasteiger partial charge in [0.05, 0.1) is 5.60 Å². The Morgan fingerprint density at radius 2 is 1.67 bits per heavy atom. The summed E-state index contributed by atoms with van der Waals surface area (Å²) in [6, 6.07) is 10.6. The van der Waals surface area contributed by atoms with Crippen LogP contribution in [0, 0.1) is 5.41 Å². The number of likely N-dealkylation sites (tertiary alicyclic amines) is 1. The van der Waals surface area contributed by atoms with Crippen molar-refractivity contribution in [3.63, 3.8) is 0 Å². The predicted molar refractivity (Wildman–Crippen MR) is 75.4 cm³/mol. The molecule has 0 unspecified atom stereocenters. The normalized spacial score (nSPS) is 20.9. The molecule has 1 N–H and O–H groups in total. The molecule has 0 aromatic heterocycles. The summed E-state index contributed by atoms with van der Waals surface area (Å²) in [6.45, 7) is 9.39. The summed E-state index contributed by atoms with van der Waals surface area (Å²) in [4.78, 5) is 2.44. The van der Waals surface area contributed by atoms with Crippen molar-refractivity contribution in [3.8, 4) is 0 Å². The van der Waals surface area contributed by atoms with Gasteiger partial charge in [-0.05, 0) is 23.8 Å². The average molecular weight is 247 g/mol. The summed E-state index contributed by atoms with van der Waals surface area (Å²) in [6.07, 6.45) is 1.76. The zero-order chi connectivity index (χ0) is 13.2. The molecule has 0 saturated carbocycles. The van der Waals surface area contributed by atoms with E-state index in [0.29, 0.717) is 0 Å². The molecule has 100 valence electrons. The third kappa shape index (κ3) is 2.93. The molecule has 0 amide bonds. The van der Waals surface area contributed by atoms with Crippen LogP contribution in [0.15, 0.2) is 30.3 Å². The summed E-state index contributed by atoms with van der Waals surface area (Å²) >= 11 is 0. The van der Waals surface area contributed by atoms with Crippen molar-refractivity contribution >= 4 is 0 Å². The number of nitrogens with zero attached hydrogens (tertiary/aromatic N) is 1. The minimum Gasteiger partial charge on any atom is -0.389 e. The maximum absolute atomic E-state index is 10.7. The molecular formula is C16H25NO. The molecule has 1 heterocycles. The lowest BCUT2D eigenvalue weighted by Gasteiger charge is -2.46. The Balaban J connectivity index is 1.91. The molecule has 1 aromatic carbocycles.